The van der Waals surface area contributed by atoms with Gasteiger partial charge in [-0.2, -0.15) is 0 Å². The van der Waals surface area contributed by atoms with Crippen molar-refractivity contribution < 1.29 is 4.79 Å². The van der Waals surface area contributed by atoms with Gasteiger partial charge in [0.15, 0.2) is 0 Å². The summed E-state index contributed by atoms with van der Waals surface area (Å²) in [6.07, 6.45) is 5.11. The number of nitrogens with one attached hydrogen (secondary N) is 1. The highest BCUT2D eigenvalue weighted by Gasteiger charge is 2.22. The quantitative estimate of drug-likeness (QED) is 0.777. The number of carbonyl (C=O) groups excluding carboxylic acids is 1. The molecule has 0 bridgehead atoms. The number of nitrogens with zero attached hydrogens (tertiary/aromatic N) is 1. The molecule has 3 nitrogen and oxygen atoms in total. The first-order valence-electron chi connectivity index (χ1n) is 9.79. The lowest BCUT2D eigenvalue weighted by Gasteiger charge is -2.31. The van der Waals surface area contributed by atoms with E-state index in [0.29, 0.717) is 6.54 Å². The zero-order chi connectivity index (χ0) is 18.4. The second-order valence-corrected chi connectivity index (χ2v) is 7.45. The number of hydrogen-bond acceptors (Lipinski definition) is 2. The maximum absolute atomic E-state index is 12.6. The van der Waals surface area contributed by atoms with Gasteiger partial charge in [0, 0.05) is 12.1 Å². The Bertz CT molecular complexity index is 704. The molecule has 1 saturated heterocycles. The average molecular weight is 387 g/mol. The van der Waals surface area contributed by atoms with Crippen LogP contribution in [0.4, 0.5) is 0 Å². The predicted octanol–water partition coefficient (Wildman–Crippen LogP) is 5.07. The first-order chi connectivity index (χ1) is 12.6. The number of carbonyl (C=O) groups is 1. The first-order valence-corrected chi connectivity index (χ1v) is 9.79. The van der Waals surface area contributed by atoms with Crippen molar-refractivity contribution in [2.45, 2.75) is 45.6 Å². The maximum Gasteiger partial charge on any atom is 0.251 e. The monoisotopic (exact) mass is 386 g/mol. The summed E-state index contributed by atoms with van der Waals surface area (Å²) in [5.41, 5.74) is 4.46. The number of amides is 1. The summed E-state index contributed by atoms with van der Waals surface area (Å²) in [5.74, 6) is 0.0110. The van der Waals surface area contributed by atoms with Crippen LogP contribution < -0.4 is 5.32 Å². The van der Waals surface area contributed by atoms with E-state index in [1.54, 1.807) is 0 Å². The van der Waals surface area contributed by atoms with Crippen molar-refractivity contribution >= 4 is 18.3 Å². The van der Waals surface area contributed by atoms with Crippen LogP contribution in [0.3, 0.4) is 0 Å². The standard InChI is InChI=1S/C23H30N2O.ClH/c1-18-7-11-20(12-8-18)22(25-15-5-3-4-6-16-25)17-24-23(26)21-13-9-19(2)10-14-21;/h7-14,22H,3-6,15-17H2,1-2H3,(H,24,26);1H. The molecule has 0 aromatic heterocycles. The largest absolute Gasteiger partial charge is 0.350 e. The maximum atomic E-state index is 12.6. The molecule has 27 heavy (non-hydrogen) atoms. The van der Waals surface area contributed by atoms with Gasteiger partial charge in [0.05, 0.1) is 6.04 Å². The van der Waals surface area contributed by atoms with E-state index in [2.05, 4.69) is 41.4 Å². The molecule has 1 unspecified atom stereocenters. The van der Waals surface area contributed by atoms with Crippen molar-refractivity contribution in [2.75, 3.05) is 19.6 Å². The van der Waals surface area contributed by atoms with Crippen LogP contribution in [0.25, 0.3) is 0 Å². The Morgan fingerprint density at radius 2 is 1.41 bits per heavy atom. The fourth-order valence-electron chi connectivity index (χ4n) is 3.65. The molecule has 2 aromatic rings. The Labute approximate surface area is 169 Å². The Hall–Kier alpha value is -1.84. The minimum absolute atomic E-state index is 0. The highest BCUT2D eigenvalue weighted by molar-refractivity contribution is 5.94. The van der Waals surface area contributed by atoms with Crippen LogP contribution >= 0.6 is 12.4 Å². The number of halogens is 1. The molecular weight excluding hydrogens is 356 g/mol. The van der Waals surface area contributed by atoms with Gasteiger partial charge in [-0.3, -0.25) is 9.69 Å². The molecule has 1 aliphatic heterocycles. The normalized spacial score (nSPS) is 16.1. The Morgan fingerprint density at radius 3 is 1.96 bits per heavy atom. The summed E-state index contributed by atoms with van der Waals surface area (Å²) in [5, 5.41) is 3.17. The van der Waals surface area contributed by atoms with Gasteiger partial charge in [0.2, 0.25) is 0 Å². The Morgan fingerprint density at radius 1 is 0.889 bits per heavy atom. The predicted molar refractivity (Wildman–Crippen MR) is 115 cm³/mol. The number of hydrogen-bond donors (Lipinski definition) is 1. The van der Waals surface area contributed by atoms with E-state index in [1.165, 1.54) is 42.4 Å². The molecule has 3 rings (SSSR count). The van der Waals surface area contributed by atoms with Gasteiger partial charge in [0.25, 0.3) is 5.91 Å². The van der Waals surface area contributed by atoms with Crippen LogP contribution in [0.1, 0.15) is 58.8 Å². The third-order valence-electron chi connectivity index (χ3n) is 5.31. The lowest BCUT2D eigenvalue weighted by atomic mass is 10.0. The third-order valence-corrected chi connectivity index (χ3v) is 5.31. The summed E-state index contributed by atoms with van der Waals surface area (Å²) in [6.45, 7) is 7.02. The molecule has 2 aromatic carbocycles. The molecule has 0 saturated carbocycles. The molecule has 0 radical (unpaired) electrons. The molecule has 1 heterocycles. The second kappa shape index (κ2) is 10.5. The molecule has 1 fully saturated rings. The molecular formula is C23H31ClN2O. The number of aryl methyl sites for hydroxylation is 2. The van der Waals surface area contributed by atoms with Crippen LogP contribution in [0.2, 0.25) is 0 Å². The molecule has 0 aliphatic carbocycles. The lowest BCUT2D eigenvalue weighted by molar-refractivity contribution is 0.0933. The fraction of sp³-hybridized carbons (Fsp3) is 0.435. The van der Waals surface area contributed by atoms with Crippen LogP contribution in [-0.2, 0) is 0 Å². The average Bonchev–Trinajstić information content (AvgIpc) is 2.93. The summed E-state index contributed by atoms with van der Waals surface area (Å²) in [4.78, 5) is 15.1. The van der Waals surface area contributed by atoms with Gasteiger partial charge >= 0.3 is 0 Å². The van der Waals surface area contributed by atoms with E-state index >= 15 is 0 Å². The SMILES string of the molecule is Cc1ccc(C(=O)NCC(c2ccc(C)cc2)N2CCCCCC2)cc1.Cl. The highest BCUT2D eigenvalue weighted by Crippen LogP contribution is 2.24. The van der Waals surface area contributed by atoms with Crippen LogP contribution in [0.15, 0.2) is 48.5 Å². The van der Waals surface area contributed by atoms with Gasteiger partial charge in [-0.15, -0.1) is 12.4 Å². The van der Waals surface area contributed by atoms with Crippen LogP contribution in [-0.4, -0.2) is 30.4 Å². The zero-order valence-corrected chi connectivity index (χ0v) is 17.2. The van der Waals surface area contributed by atoms with Crippen molar-refractivity contribution in [1.29, 1.82) is 0 Å². The summed E-state index contributed by atoms with van der Waals surface area (Å²) < 4.78 is 0. The summed E-state index contributed by atoms with van der Waals surface area (Å²) >= 11 is 0. The molecule has 4 heteroatoms. The van der Waals surface area contributed by atoms with Gasteiger partial charge in [-0.05, 0) is 57.5 Å². The lowest BCUT2D eigenvalue weighted by Crippen LogP contribution is -2.38. The van der Waals surface area contributed by atoms with E-state index in [1.807, 2.05) is 31.2 Å². The van der Waals surface area contributed by atoms with Crippen molar-refractivity contribution in [2.24, 2.45) is 0 Å². The number of rotatable bonds is 5. The van der Waals surface area contributed by atoms with E-state index in [9.17, 15) is 4.79 Å². The van der Waals surface area contributed by atoms with E-state index < -0.39 is 0 Å². The van der Waals surface area contributed by atoms with Gasteiger partial charge in [-0.1, -0.05) is 60.4 Å². The van der Waals surface area contributed by atoms with E-state index in [4.69, 9.17) is 0 Å². The van der Waals surface area contributed by atoms with Crippen molar-refractivity contribution in [1.82, 2.24) is 10.2 Å². The minimum atomic E-state index is 0. The van der Waals surface area contributed by atoms with Crippen LogP contribution in [0.5, 0.6) is 0 Å². The molecule has 1 amide bonds. The zero-order valence-electron chi connectivity index (χ0n) is 16.4. The topological polar surface area (TPSA) is 32.3 Å². The van der Waals surface area contributed by atoms with Gasteiger partial charge in [-0.25, -0.2) is 0 Å². The van der Waals surface area contributed by atoms with Crippen molar-refractivity contribution in [3.63, 3.8) is 0 Å². The first kappa shape index (κ1) is 21.5. The molecule has 1 N–H and O–H groups in total. The third kappa shape index (κ3) is 6.08. The summed E-state index contributed by atoms with van der Waals surface area (Å²) in [7, 11) is 0. The molecule has 1 atom stereocenters. The fourth-order valence-corrected chi connectivity index (χ4v) is 3.65. The van der Waals surface area contributed by atoms with Gasteiger partial charge < -0.3 is 5.32 Å². The number of likely N-dealkylation sites (tertiary alicyclic amines) is 1. The van der Waals surface area contributed by atoms with E-state index in [-0.39, 0.29) is 24.4 Å². The summed E-state index contributed by atoms with van der Waals surface area (Å²) in [6, 6.07) is 16.8. The smallest absolute Gasteiger partial charge is 0.251 e. The molecule has 146 valence electrons. The van der Waals surface area contributed by atoms with Crippen LogP contribution in [0, 0.1) is 13.8 Å². The Balaban J connectivity index is 0.00000261. The molecule has 0 spiro atoms. The van der Waals surface area contributed by atoms with Crippen molar-refractivity contribution in [3.8, 4) is 0 Å². The highest BCUT2D eigenvalue weighted by atomic mass is 35.5. The number of benzene rings is 2. The Kier molecular flexibility index (Phi) is 8.33. The molecule has 1 aliphatic rings. The minimum Gasteiger partial charge on any atom is -0.350 e. The van der Waals surface area contributed by atoms with E-state index in [0.717, 1.165) is 18.7 Å². The second-order valence-electron chi connectivity index (χ2n) is 7.45. The van der Waals surface area contributed by atoms with Crippen molar-refractivity contribution in [3.05, 3.63) is 70.8 Å². The van der Waals surface area contributed by atoms with Gasteiger partial charge in [0.1, 0.15) is 0 Å².